The van der Waals surface area contributed by atoms with Gasteiger partial charge in [0.2, 0.25) is 10.0 Å². The van der Waals surface area contributed by atoms with Gasteiger partial charge in [-0.3, -0.25) is 0 Å². The molecule has 4 rings (SSSR count). The molecule has 9 heteroatoms. The van der Waals surface area contributed by atoms with Crippen molar-refractivity contribution in [3.8, 4) is 5.75 Å². The van der Waals surface area contributed by atoms with Crippen LogP contribution in [0.25, 0.3) is 0 Å². The third-order valence-electron chi connectivity index (χ3n) is 4.90. The average molecular weight is 364 g/mol. The van der Waals surface area contributed by atoms with Crippen LogP contribution in [0.5, 0.6) is 5.75 Å². The van der Waals surface area contributed by atoms with E-state index in [-0.39, 0.29) is 17.0 Å². The first-order valence-corrected chi connectivity index (χ1v) is 9.60. The summed E-state index contributed by atoms with van der Waals surface area (Å²) in [6.07, 6.45) is 2.13. The number of hydrogen-bond acceptors (Lipinski definition) is 6. The molecule has 25 heavy (non-hydrogen) atoms. The van der Waals surface area contributed by atoms with Crippen LogP contribution >= 0.6 is 0 Å². The Kier molecular flexibility index (Phi) is 4.01. The molecule has 1 saturated heterocycles. The van der Waals surface area contributed by atoms with Crippen molar-refractivity contribution in [3.63, 3.8) is 0 Å². The second-order valence-electron chi connectivity index (χ2n) is 6.37. The number of aromatic nitrogens is 3. The summed E-state index contributed by atoms with van der Waals surface area (Å²) >= 11 is 0. The highest BCUT2D eigenvalue weighted by atomic mass is 32.2. The Morgan fingerprint density at radius 2 is 2.20 bits per heavy atom. The quantitative estimate of drug-likeness (QED) is 0.811. The normalized spacial score (nSPS) is 23.8. The zero-order valence-corrected chi connectivity index (χ0v) is 14.9. The molecule has 2 aliphatic heterocycles. The van der Waals surface area contributed by atoms with Crippen LogP contribution in [-0.2, 0) is 21.4 Å². The molecule has 3 heterocycles. The maximum absolute atomic E-state index is 13.0. The number of benzene rings is 1. The summed E-state index contributed by atoms with van der Waals surface area (Å²) in [6, 6.07) is 4.96. The van der Waals surface area contributed by atoms with E-state index in [9.17, 15) is 8.42 Å². The van der Waals surface area contributed by atoms with Crippen LogP contribution in [-0.4, -0.2) is 54.0 Å². The van der Waals surface area contributed by atoms with Crippen LogP contribution in [0, 0.1) is 6.92 Å². The van der Waals surface area contributed by atoms with E-state index in [0.29, 0.717) is 31.9 Å². The van der Waals surface area contributed by atoms with Gasteiger partial charge >= 0.3 is 0 Å². The molecule has 2 aliphatic rings. The Labute approximate surface area is 146 Å². The minimum absolute atomic E-state index is 0.0373. The van der Waals surface area contributed by atoms with E-state index in [1.807, 2.05) is 11.6 Å². The van der Waals surface area contributed by atoms with Gasteiger partial charge < -0.3 is 9.47 Å². The topological polar surface area (TPSA) is 86.6 Å². The number of hydrogen-bond donors (Lipinski definition) is 0. The van der Waals surface area contributed by atoms with Gasteiger partial charge in [-0.25, -0.2) is 13.1 Å². The molecule has 0 radical (unpaired) electrons. The van der Waals surface area contributed by atoms with Crippen LogP contribution < -0.4 is 4.74 Å². The zero-order valence-electron chi connectivity index (χ0n) is 14.1. The Hall–Kier alpha value is -1.97. The van der Waals surface area contributed by atoms with E-state index in [4.69, 9.17) is 9.47 Å². The smallest absolute Gasteiger partial charge is 0.243 e. The molecule has 2 aromatic rings. The second-order valence-corrected chi connectivity index (χ2v) is 8.31. The lowest BCUT2D eigenvalue weighted by Gasteiger charge is -2.40. The molecule has 0 amide bonds. The molecule has 0 N–H and O–H groups in total. The van der Waals surface area contributed by atoms with Crippen molar-refractivity contribution < 1.29 is 17.9 Å². The van der Waals surface area contributed by atoms with E-state index >= 15 is 0 Å². The highest BCUT2D eigenvalue weighted by Crippen LogP contribution is 2.33. The number of ether oxygens (including phenoxy) is 2. The number of fused-ring (bicyclic) bond motifs is 3. The molecule has 8 nitrogen and oxygen atoms in total. The third kappa shape index (κ3) is 2.72. The number of nitrogens with zero attached hydrogens (tertiary/aromatic N) is 4. The number of methoxy groups -OCH3 is 1. The van der Waals surface area contributed by atoms with E-state index in [1.54, 1.807) is 31.5 Å². The number of rotatable bonds is 3. The van der Waals surface area contributed by atoms with Gasteiger partial charge in [-0.05, 0) is 37.1 Å². The summed E-state index contributed by atoms with van der Waals surface area (Å²) in [6.45, 7) is 2.99. The fourth-order valence-electron chi connectivity index (χ4n) is 3.54. The minimum atomic E-state index is -3.57. The van der Waals surface area contributed by atoms with Crippen LogP contribution in [0.2, 0.25) is 0 Å². The summed E-state index contributed by atoms with van der Waals surface area (Å²) in [5, 5.41) is 8.05. The summed E-state index contributed by atoms with van der Waals surface area (Å²) in [5.41, 5.74) is 1.72. The monoisotopic (exact) mass is 364 g/mol. The maximum Gasteiger partial charge on any atom is 0.243 e. The molecule has 0 aliphatic carbocycles. The fourth-order valence-corrected chi connectivity index (χ4v) is 5.09. The highest BCUT2D eigenvalue weighted by molar-refractivity contribution is 7.89. The summed E-state index contributed by atoms with van der Waals surface area (Å²) < 4.78 is 40.4. The van der Waals surface area contributed by atoms with Crippen LogP contribution in [0.15, 0.2) is 29.3 Å². The Morgan fingerprint density at radius 3 is 2.96 bits per heavy atom. The molecular weight excluding hydrogens is 344 g/mol. The van der Waals surface area contributed by atoms with Gasteiger partial charge in [-0.1, -0.05) is 5.21 Å². The highest BCUT2D eigenvalue weighted by Gasteiger charge is 2.40. The van der Waals surface area contributed by atoms with Crippen LogP contribution in [0.4, 0.5) is 0 Å². The van der Waals surface area contributed by atoms with Crippen LogP contribution in [0.1, 0.15) is 23.7 Å². The van der Waals surface area contributed by atoms with Gasteiger partial charge in [0, 0.05) is 13.1 Å². The van der Waals surface area contributed by atoms with E-state index in [2.05, 4.69) is 10.3 Å². The molecule has 134 valence electrons. The average Bonchev–Trinajstić information content (AvgIpc) is 3.10. The van der Waals surface area contributed by atoms with Crippen LogP contribution in [0.3, 0.4) is 0 Å². The van der Waals surface area contributed by atoms with E-state index < -0.39 is 10.0 Å². The Morgan fingerprint density at radius 1 is 1.36 bits per heavy atom. The largest absolute Gasteiger partial charge is 0.496 e. The predicted octanol–water partition coefficient (Wildman–Crippen LogP) is 1.13. The van der Waals surface area contributed by atoms with Gasteiger partial charge in [0.1, 0.15) is 5.75 Å². The van der Waals surface area contributed by atoms with Crippen molar-refractivity contribution in [2.45, 2.75) is 37.0 Å². The summed E-state index contributed by atoms with van der Waals surface area (Å²) in [7, 11) is -2.00. The van der Waals surface area contributed by atoms with Gasteiger partial charge in [0.25, 0.3) is 0 Å². The fraction of sp³-hybridized carbons (Fsp3) is 0.500. The van der Waals surface area contributed by atoms with Gasteiger partial charge in [0.15, 0.2) is 0 Å². The molecule has 2 atom stereocenters. The van der Waals surface area contributed by atoms with Crippen molar-refractivity contribution >= 4 is 10.0 Å². The van der Waals surface area contributed by atoms with Gasteiger partial charge in [-0.15, -0.1) is 5.10 Å². The molecule has 1 aromatic carbocycles. The molecule has 0 bridgehead atoms. The lowest BCUT2D eigenvalue weighted by atomic mass is 10.0. The minimum Gasteiger partial charge on any atom is -0.496 e. The molecular formula is C16H20N4O4S. The predicted molar refractivity (Wildman–Crippen MR) is 88.7 cm³/mol. The lowest BCUT2D eigenvalue weighted by Crippen LogP contribution is -2.50. The van der Waals surface area contributed by atoms with Crippen molar-refractivity contribution in [3.05, 3.63) is 35.7 Å². The maximum atomic E-state index is 13.0. The van der Waals surface area contributed by atoms with Crippen molar-refractivity contribution in [1.29, 1.82) is 0 Å². The Bertz CT molecular complexity index is 895. The number of aryl methyl sites for hydroxylation is 1. The van der Waals surface area contributed by atoms with Crippen molar-refractivity contribution in [2.75, 3.05) is 20.2 Å². The van der Waals surface area contributed by atoms with Gasteiger partial charge in [-0.2, -0.15) is 4.31 Å². The summed E-state index contributed by atoms with van der Waals surface area (Å²) in [5.74, 6) is 0.673. The lowest BCUT2D eigenvalue weighted by molar-refractivity contribution is -0.0544. The molecule has 0 spiro atoms. The molecule has 0 saturated carbocycles. The molecule has 1 fully saturated rings. The first-order chi connectivity index (χ1) is 12.0. The number of sulfonamides is 1. The molecule has 1 aromatic heterocycles. The van der Waals surface area contributed by atoms with Gasteiger partial charge in [0.05, 0.1) is 42.6 Å². The first-order valence-electron chi connectivity index (χ1n) is 8.16. The van der Waals surface area contributed by atoms with Crippen molar-refractivity contribution in [2.24, 2.45) is 0 Å². The standard InChI is InChI=1S/C16H20N4O4S/c1-11-7-13(3-4-15(11)23-2)25(21,22)19-6-5-14-16(9-19)24-10-12-8-17-18-20(12)14/h3-4,7-8,14,16H,5-6,9-10H2,1-2H3/t14-,16-/m0/s1. The zero-order chi connectivity index (χ0) is 17.6. The second kappa shape index (κ2) is 6.08. The van der Waals surface area contributed by atoms with Crippen molar-refractivity contribution in [1.82, 2.24) is 19.3 Å². The number of piperidine rings is 1. The molecule has 0 unspecified atom stereocenters. The summed E-state index contributed by atoms with van der Waals surface area (Å²) in [4.78, 5) is 0.279. The Balaban J connectivity index is 1.58. The first kappa shape index (κ1) is 16.5. The SMILES string of the molecule is COc1ccc(S(=O)(=O)N2CC[C@H]3[C@H](C2)OCc2cnnn23)cc1C. The van der Waals surface area contributed by atoms with E-state index in [1.165, 1.54) is 4.31 Å². The van der Waals surface area contributed by atoms with E-state index in [0.717, 1.165) is 11.3 Å². The third-order valence-corrected chi connectivity index (χ3v) is 6.76.